The highest BCUT2D eigenvalue weighted by Gasteiger charge is 2.27. The number of nitrogens with one attached hydrogen (secondary N) is 1. The predicted octanol–water partition coefficient (Wildman–Crippen LogP) is 0.824. The molecule has 1 rings (SSSR count). The molecule has 100 valence electrons. The van der Waals surface area contributed by atoms with E-state index in [2.05, 4.69) is 10.2 Å². The van der Waals surface area contributed by atoms with Gasteiger partial charge in [-0.15, -0.1) is 0 Å². The van der Waals surface area contributed by atoms with Crippen molar-refractivity contribution >= 4 is 6.09 Å². The Bertz CT molecular complexity index is 263. The zero-order chi connectivity index (χ0) is 13.1. The minimum absolute atomic E-state index is 0.0562. The lowest BCUT2D eigenvalue weighted by molar-refractivity contribution is 0.0438. The van der Waals surface area contributed by atoms with Gasteiger partial charge in [0.05, 0.1) is 0 Å². The van der Waals surface area contributed by atoms with Gasteiger partial charge in [-0.05, 0) is 40.2 Å². The van der Waals surface area contributed by atoms with Crippen molar-refractivity contribution in [1.82, 2.24) is 10.2 Å². The largest absolute Gasteiger partial charge is 0.444 e. The fourth-order valence-corrected chi connectivity index (χ4v) is 2.15. The van der Waals surface area contributed by atoms with E-state index in [1.165, 1.54) is 0 Å². The van der Waals surface area contributed by atoms with Crippen LogP contribution in [0.3, 0.4) is 0 Å². The van der Waals surface area contributed by atoms with Crippen LogP contribution in [-0.2, 0) is 4.74 Å². The number of aliphatic hydroxyl groups is 1. The molecular weight excluding hydrogens is 220 g/mol. The van der Waals surface area contributed by atoms with Gasteiger partial charge in [-0.1, -0.05) is 0 Å². The topological polar surface area (TPSA) is 61.8 Å². The van der Waals surface area contributed by atoms with E-state index in [0.29, 0.717) is 0 Å². The van der Waals surface area contributed by atoms with Crippen LogP contribution in [0.25, 0.3) is 0 Å². The molecule has 2 N–H and O–H groups in total. The minimum Gasteiger partial charge on any atom is -0.444 e. The maximum Gasteiger partial charge on any atom is 0.407 e. The van der Waals surface area contributed by atoms with Crippen molar-refractivity contribution in [3.8, 4) is 0 Å². The molecule has 1 saturated heterocycles. The van der Waals surface area contributed by atoms with Crippen LogP contribution in [0.5, 0.6) is 0 Å². The van der Waals surface area contributed by atoms with Gasteiger partial charge < -0.3 is 20.1 Å². The monoisotopic (exact) mass is 244 g/mol. The molecule has 2 unspecified atom stereocenters. The van der Waals surface area contributed by atoms with Crippen LogP contribution >= 0.6 is 0 Å². The molecule has 0 saturated carbocycles. The number of rotatable bonds is 2. The van der Waals surface area contributed by atoms with Crippen molar-refractivity contribution in [2.24, 2.45) is 5.92 Å². The summed E-state index contributed by atoms with van der Waals surface area (Å²) in [5.41, 5.74) is -0.471. The number of likely N-dealkylation sites (N-methyl/N-ethyl adjacent to an activating group) is 1. The second-order valence-corrected chi connectivity index (χ2v) is 5.85. The quantitative estimate of drug-likeness (QED) is 0.755. The first-order chi connectivity index (χ1) is 7.80. The van der Waals surface area contributed by atoms with Crippen molar-refractivity contribution in [2.45, 2.75) is 38.8 Å². The summed E-state index contributed by atoms with van der Waals surface area (Å²) in [5, 5.41) is 12.0. The number of hydrogen-bond acceptors (Lipinski definition) is 4. The van der Waals surface area contributed by atoms with E-state index in [1.807, 2.05) is 27.8 Å². The molecule has 0 bridgehead atoms. The van der Waals surface area contributed by atoms with E-state index in [4.69, 9.17) is 4.74 Å². The van der Waals surface area contributed by atoms with E-state index in [-0.39, 0.29) is 24.7 Å². The maximum atomic E-state index is 11.6. The third kappa shape index (κ3) is 5.37. The average Bonchev–Trinajstić information content (AvgIpc) is 2.13. The summed E-state index contributed by atoms with van der Waals surface area (Å²) in [4.78, 5) is 13.7. The van der Waals surface area contributed by atoms with Crippen molar-refractivity contribution in [1.29, 1.82) is 0 Å². The molecule has 5 heteroatoms. The SMILES string of the molecule is CN1CC(CO)CC(NC(=O)OC(C)(C)C)C1. The van der Waals surface area contributed by atoms with E-state index in [0.717, 1.165) is 19.5 Å². The molecule has 0 radical (unpaired) electrons. The maximum absolute atomic E-state index is 11.6. The highest BCUT2D eigenvalue weighted by molar-refractivity contribution is 5.68. The first-order valence-corrected chi connectivity index (χ1v) is 6.09. The molecule has 1 amide bonds. The predicted molar refractivity (Wildman–Crippen MR) is 65.8 cm³/mol. The molecule has 1 heterocycles. The highest BCUT2D eigenvalue weighted by atomic mass is 16.6. The third-order valence-corrected chi connectivity index (χ3v) is 2.70. The Morgan fingerprint density at radius 1 is 1.47 bits per heavy atom. The first kappa shape index (κ1) is 14.3. The summed E-state index contributed by atoms with van der Waals surface area (Å²) in [6.45, 7) is 7.37. The van der Waals surface area contributed by atoms with Gasteiger partial charge in [0.15, 0.2) is 0 Å². The van der Waals surface area contributed by atoms with Crippen LogP contribution in [0.4, 0.5) is 4.79 Å². The molecule has 0 aromatic carbocycles. The molecule has 1 aliphatic heterocycles. The summed E-state index contributed by atoms with van der Waals surface area (Å²) < 4.78 is 5.21. The third-order valence-electron chi connectivity index (χ3n) is 2.70. The van der Waals surface area contributed by atoms with Gasteiger partial charge in [-0.3, -0.25) is 0 Å². The molecule has 2 atom stereocenters. The lowest BCUT2D eigenvalue weighted by Crippen LogP contribution is -2.51. The van der Waals surface area contributed by atoms with Crippen molar-refractivity contribution in [3.05, 3.63) is 0 Å². The molecular formula is C12H24N2O3. The lowest BCUT2D eigenvalue weighted by Gasteiger charge is -2.35. The van der Waals surface area contributed by atoms with Crippen molar-refractivity contribution in [2.75, 3.05) is 26.7 Å². The Kier molecular flexibility index (Phi) is 4.77. The van der Waals surface area contributed by atoms with Crippen LogP contribution in [0.1, 0.15) is 27.2 Å². The number of hydrogen-bond donors (Lipinski definition) is 2. The second kappa shape index (κ2) is 5.69. The Morgan fingerprint density at radius 2 is 2.12 bits per heavy atom. The van der Waals surface area contributed by atoms with Crippen molar-refractivity contribution in [3.63, 3.8) is 0 Å². The number of piperidine rings is 1. The fraction of sp³-hybridized carbons (Fsp3) is 0.917. The molecule has 1 fully saturated rings. The molecule has 0 aliphatic carbocycles. The fourth-order valence-electron chi connectivity index (χ4n) is 2.15. The van der Waals surface area contributed by atoms with Crippen molar-refractivity contribution < 1.29 is 14.6 Å². The number of carbonyl (C=O) groups is 1. The molecule has 1 aliphatic rings. The van der Waals surface area contributed by atoms with Gasteiger partial charge in [0.25, 0.3) is 0 Å². The molecule has 5 nitrogen and oxygen atoms in total. The number of alkyl carbamates (subject to hydrolysis) is 1. The molecule has 0 aromatic heterocycles. The molecule has 17 heavy (non-hydrogen) atoms. The summed E-state index contributed by atoms with van der Waals surface area (Å²) in [5.74, 6) is 0.230. The minimum atomic E-state index is -0.471. The van der Waals surface area contributed by atoms with Gasteiger partial charge >= 0.3 is 6.09 Å². The van der Waals surface area contributed by atoms with Crippen LogP contribution in [0.2, 0.25) is 0 Å². The Hall–Kier alpha value is -0.810. The van der Waals surface area contributed by atoms with Crippen LogP contribution in [0.15, 0.2) is 0 Å². The number of likely N-dealkylation sites (tertiary alicyclic amines) is 1. The Balaban J connectivity index is 2.42. The summed E-state index contributed by atoms with van der Waals surface area (Å²) >= 11 is 0. The number of aliphatic hydroxyl groups excluding tert-OH is 1. The number of carbonyl (C=O) groups excluding carboxylic acids is 1. The smallest absolute Gasteiger partial charge is 0.407 e. The van der Waals surface area contributed by atoms with Crippen LogP contribution in [0, 0.1) is 5.92 Å². The summed E-state index contributed by atoms with van der Waals surface area (Å²) in [7, 11) is 1.99. The van der Waals surface area contributed by atoms with Gasteiger partial charge in [-0.25, -0.2) is 4.79 Å². The standard InChI is InChI=1S/C12H24N2O3/c1-12(2,3)17-11(16)13-10-5-9(8-15)6-14(4)7-10/h9-10,15H,5-8H2,1-4H3,(H,13,16). The zero-order valence-corrected chi connectivity index (χ0v) is 11.2. The molecule has 0 spiro atoms. The van der Waals surface area contributed by atoms with E-state index < -0.39 is 5.60 Å². The Morgan fingerprint density at radius 3 is 2.65 bits per heavy atom. The molecule has 0 aromatic rings. The highest BCUT2D eigenvalue weighted by Crippen LogP contribution is 2.16. The van der Waals surface area contributed by atoms with Crippen LogP contribution < -0.4 is 5.32 Å². The number of nitrogens with zero attached hydrogens (tertiary/aromatic N) is 1. The number of ether oxygens (including phenoxy) is 1. The second-order valence-electron chi connectivity index (χ2n) is 5.85. The van der Waals surface area contributed by atoms with Crippen LogP contribution in [-0.4, -0.2) is 54.5 Å². The van der Waals surface area contributed by atoms with Gasteiger partial charge in [0.1, 0.15) is 5.60 Å². The van der Waals surface area contributed by atoms with Gasteiger partial charge in [-0.2, -0.15) is 0 Å². The lowest BCUT2D eigenvalue weighted by atomic mass is 9.95. The normalized spacial score (nSPS) is 26.6. The van der Waals surface area contributed by atoms with E-state index >= 15 is 0 Å². The van der Waals surface area contributed by atoms with E-state index in [1.54, 1.807) is 0 Å². The first-order valence-electron chi connectivity index (χ1n) is 6.09. The average molecular weight is 244 g/mol. The van der Waals surface area contributed by atoms with Gasteiger partial charge in [0, 0.05) is 25.7 Å². The van der Waals surface area contributed by atoms with Gasteiger partial charge in [0.2, 0.25) is 0 Å². The number of amides is 1. The summed E-state index contributed by atoms with van der Waals surface area (Å²) in [6.07, 6.45) is 0.426. The summed E-state index contributed by atoms with van der Waals surface area (Å²) in [6, 6.07) is 0.0562. The zero-order valence-electron chi connectivity index (χ0n) is 11.2. The van der Waals surface area contributed by atoms with E-state index in [9.17, 15) is 9.90 Å². The Labute approximate surface area is 103 Å².